The molecule has 2 N–H and O–H groups in total. The molecule has 0 unspecified atom stereocenters. The Morgan fingerprint density at radius 2 is 2.04 bits per heavy atom. The highest BCUT2D eigenvalue weighted by atomic mass is 19.4. The molecule has 1 aromatic heterocycles. The topological polar surface area (TPSA) is 54.0 Å². The van der Waals surface area contributed by atoms with Crippen LogP contribution < -0.4 is 10.6 Å². The summed E-state index contributed by atoms with van der Waals surface area (Å²) in [6.07, 6.45) is -0.518. The quantitative estimate of drug-likeness (QED) is 0.900. The first-order valence-corrected chi connectivity index (χ1v) is 6.98. The zero-order valence-corrected chi connectivity index (χ0v) is 12.4. The normalized spacial score (nSPS) is 11.1. The van der Waals surface area contributed by atoms with Crippen molar-refractivity contribution in [3.8, 4) is 0 Å². The maximum atomic E-state index is 12.8. The van der Waals surface area contributed by atoms with E-state index in [4.69, 9.17) is 0 Å². The molecular weight excluding hydrogens is 307 g/mol. The van der Waals surface area contributed by atoms with Crippen LogP contribution in [0.15, 0.2) is 42.7 Å². The van der Waals surface area contributed by atoms with Gasteiger partial charge >= 0.3 is 12.2 Å². The summed E-state index contributed by atoms with van der Waals surface area (Å²) in [6, 6.07) is 6.81. The average molecular weight is 323 g/mol. The number of nitrogens with zero attached hydrogens (tertiary/aromatic N) is 1. The Labute approximate surface area is 131 Å². The second-order valence-electron chi connectivity index (χ2n) is 5.02. The summed E-state index contributed by atoms with van der Waals surface area (Å²) >= 11 is 0. The number of hydrogen-bond donors (Lipinski definition) is 2. The number of nitrogens with one attached hydrogen (secondary N) is 2. The van der Waals surface area contributed by atoms with Crippen molar-refractivity contribution >= 4 is 11.7 Å². The summed E-state index contributed by atoms with van der Waals surface area (Å²) < 4.78 is 38.5. The smallest absolute Gasteiger partial charge is 0.338 e. The van der Waals surface area contributed by atoms with E-state index >= 15 is 0 Å². The molecule has 0 bridgehead atoms. The monoisotopic (exact) mass is 323 g/mol. The van der Waals surface area contributed by atoms with Crippen LogP contribution in [0.1, 0.15) is 16.7 Å². The van der Waals surface area contributed by atoms with Crippen LogP contribution in [0.2, 0.25) is 0 Å². The number of urea groups is 1. The van der Waals surface area contributed by atoms with Crippen molar-refractivity contribution in [3.63, 3.8) is 0 Å². The summed E-state index contributed by atoms with van der Waals surface area (Å²) in [5.41, 5.74) is 0.412. The molecule has 0 spiro atoms. The van der Waals surface area contributed by atoms with E-state index in [1.54, 1.807) is 18.5 Å². The minimum atomic E-state index is -4.45. The zero-order chi connectivity index (χ0) is 16.9. The Kier molecular flexibility index (Phi) is 5.20. The number of amides is 2. The third kappa shape index (κ3) is 4.98. The minimum Gasteiger partial charge on any atom is -0.338 e. The lowest BCUT2D eigenvalue weighted by Crippen LogP contribution is -2.30. The van der Waals surface area contributed by atoms with E-state index in [9.17, 15) is 18.0 Å². The molecule has 122 valence electrons. The highest BCUT2D eigenvalue weighted by molar-refractivity contribution is 5.89. The Bertz CT molecular complexity index is 672. The molecule has 23 heavy (non-hydrogen) atoms. The van der Waals surface area contributed by atoms with Gasteiger partial charge in [-0.2, -0.15) is 13.2 Å². The van der Waals surface area contributed by atoms with Crippen molar-refractivity contribution < 1.29 is 18.0 Å². The van der Waals surface area contributed by atoms with Gasteiger partial charge in [0.2, 0.25) is 0 Å². The molecule has 2 amide bonds. The number of halogens is 3. The first-order chi connectivity index (χ1) is 10.9. The van der Waals surface area contributed by atoms with Crippen molar-refractivity contribution in [1.29, 1.82) is 0 Å². The van der Waals surface area contributed by atoms with Gasteiger partial charge in [-0.25, -0.2) is 4.79 Å². The van der Waals surface area contributed by atoms with Crippen molar-refractivity contribution in [2.45, 2.75) is 19.5 Å². The fourth-order valence-electron chi connectivity index (χ4n) is 2.05. The van der Waals surface area contributed by atoms with Gasteiger partial charge in [0, 0.05) is 24.6 Å². The van der Waals surface area contributed by atoms with E-state index in [0.717, 1.165) is 11.6 Å². The fourth-order valence-corrected chi connectivity index (χ4v) is 2.05. The number of aryl methyl sites for hydroxylation is 1. The van der Waals surface area contributed by atoms with E-state index in [2.05, 4.69) is 15.6 Å². The van der Waals surface area contributed by atoms with Crippen LogP contribution >= 0.6 is 0 Å². The Morgan fingerprint density at radius 3 is 2.70 bits per heavy atom. The highest BCUT2D eigenvalue weighted by Gasteiger charge is 2.32. The molecule has 2 rings (SSSR count). The molecule has 0 fully saturated rings. The zero-order valence-electron chi connectivity index (χ0n) is 12.4. The highest BCUT2D eigenvalue weighted by Crippen LogP contribution is 2.33. The molecule has 1 heterocycles. The lowest BCUT2D eigenvalue weighted by molar-refractivity contribution is -0.138. The number of pyridine rings is 1. The van der Waals surface area contributed by atoms with Crippen LogP contribution in [-0.4, -0.2) is 17.6 Å². The molecule has 7 heteroatoms. The van der Waals surface area contributed by atoms with E-state index < -0.39 is 17.8 Å². The van der Waals surface area contributed by atoms with Gasteiger partial charge in [-0.3, -0.25) is 4.98 Å². The molecule has 0 radical (unpaired) electrons. The van der Waals surface area contributed by atoms with Gasteiger partial charge in [-0.15, -0.1) is 0 Å². The molecule has 0 atom stereocenters. The van der Waals surface area contributed by atoms with Crippen molar-refractivity contribution in [2.75, 3.05) is 11.9 Å². The maximum Gasteiger partial charge on any atom is 0.416 e. The lowest BCUT2D eigenvalue weighted by atomic mass is 10.1. The van der Waals surface area contributed by atoms with Crippen molar-refractivity contribution in [2.24, 2.45) is 0 Å². The average Bonchev–Trinajstić information content (AvgIpc) is 2.49. The SMILES string of the molecule is Cc1ccc(NC(=O)NCCc2cccnc2)cc1C(F)(F)F. The standard InChI is InChI=1S/C16H16F3N3O/c1-11-4-5-13(9-14(11)16(17,18)19)22-15(23)21-8-6-12-3-2-7-20-10-12/h2-5,7,9-10H,6,8H2,1H3,(H2,21,22,23). The maximum absolute atomic E-state index is 12.8. The Hall–Kier alpha value is -2.57. The van der Waals surface area contributed by atoms with E-state index in [-0.39, 0.29) is 11.3 Å². The number of hydrogen-bond acceptors (Lipinski definition) is 2. The third-order valence-electron chi connectivity index (χ3n) is 3.22. The number of benzene rings is 1. The number of carbonyl (C=O) groups is 1. The number of aromatic nitrogens is 1. The van der Waals surface area contributed by atoms with Gasteiger partial charge in [0.1, 0.15) is 0 Å². The van der Waals surface area contributed by atoms with Crippen LogP contribution in [0.5, 0.6) is 0 Å². The first-order valence-electron chi connectivity index (χ1n) is 6.98. The van der Waals surface area contributed by atoms with E-state index in [1.807, 2.05) is 6.07 Å². The van der Waals surface area contributed by atoms with Crippen molar-refractivity contribution in [3.05, 3.63) is 59.4 Å². The second-order valence-corrected chi connectivity index (χ2v) is 5.02. The fraction of sp³-hybridized carbons (Fsp3) is 0.250. The largest absolute Gasteiger partial charge is 0.416 e. The predicted molar refractivity (Wildman–Crippen MR) is 81.1 cm³/mol. The Morgan fingerprint density at radius 1 is 1.26 bits per heavy atom. The van der Waals surface area contributed by atoms with Gasteiger partial charge in [0.05, 0.1) is 5.56 Å². The summed E-state index contributed by atoms with van der Waals surface area (Å²) in [4.78, 5) is 15.7. The molecule has 2 aromatic rings. The molecular formula is C16H16F3N3O. The van der Waals surface area contributed by atoms with Crippen LogP contribution in [-0.2, 0) is 12.6 Å². The number of anilines is 1. The molecule has 1 aromatic carbocycles. The van der Waals surface area contributed by atoms with Gasteiger partial charge in [0.25, 0.3) is 0 Å². The van der Waals surface area contributed by atoms with Gasteiger partial charge in [-0.1, -0.05) is 12.1 Å². The minimum absolute atomic E-state index is 0.0989. The summed E-state index contributed by atoms with van der Waals surface area (Å²) in [5.74, 6) is 0. The van der Waals surface area contributed by atoms with E-state index in [0.29, 0.717) is 13.0 Å². The molecule has 4 nitrogen and oxygen atoms in total. The predicted octanol–water partition coefficient (Wildman–Crippen LogP) is 3.77. The molecule has 0 aliphatic heterocycles. The van der Waals surface area contributed by atoms with Crippen LogP contribution in [0.4, 0.5) is 23.7 Å². The van der Waals surface area contributed by atoms with Gasteiger partial charge in [0.15, 0.2) is 0 Å². The van der Waals surface area contributed by atoms with Crippen LogP contribution in [0.3, 0.4) is 0 Å². The number of rotatable bonds is 4. The third-order valence-corrected chi connectivity index (χ3v) is 3.22. The van der Waals surface area contributed by atoms with Gasteiger partial charge < -0.3 is 10.6 Å². The summed E-state index contributed by atoms with van der Waals surface area (Å²) in [6.45, 7) is 1.73. The van der Waals surface area contributed by atoms with E-state index in [1.165, 1.54) is 19.1 Å². The second kappa shape index (κ2) is 7.13. The van der Waals surface area contributed by atoms with Crippen LogP contribution in [0, 0.1) is 6.92 Å². The molecule has 0 saturated heterocycles. The Balaban J connectivity index is 1.90. The summed E-state index contributed by atoms with van der Waals surface area (Å²) in [5, 5.41) is 5.00. The summed E-state index contributed by atoms with van der Waals surface area (Å²) in [7, 11) is 0. The number of alkyl halides is 3. The van der Waals surface area contributed by atoms with Crippen LogP contribution in [0.25, 0.3) is 0 Å². The first kappa shape index (κ1) is 16.8. The lowest BCUT2D eigenvalue weighted by Gasteiger charge is -2.13. The molecule has 0 aliphatic rings. The van der Waals surface area contributed by atoms with Gasteiger partial charge in [-0.05, 0) is 42.7 Å². The van der Waals surface area contributed by atoms with Crippen molar-refractivity contribution in [1.82, 2.24) is 10.3 Å². The molecule has 0 aliphatic carbocycles. The number of carbonyl (C=O) groups excluding carboxylic acids is 1. The molecule has 0 saturated carbocycles.